The maximum absolute atomic E-state index is 13.3. The summed E-state index contributed by atoms with van der Waals surface area (Å²) in [5.41, 5.74) is 4.67. The lowest BCUT2D eigenvalue weighted by molar-refractivity contribution is -0.119. The van der Waals surface area contributed by atoms with E-state index in [1.807, 2.05) is 50.5 Å². The lowest BCUT2D eigenvalue weighted by atomic mass is 9.99. The van der Waals surface area contributed by atoms with E-state index in [1.165, 1.54) is 0 Å². The van der Waals surface area contributed by atoms with Gasteiger partial charge in [0, 0.05) is 24.4 Å². The number of carbonyl (C=O) groups excluding carboxylic acids is 3. The quantitative estimate of drug-likeness (QED) is 0.315. The SMILES string of the molecule is CCOC(=O)c1ccc2c(c1)NC(=O)C2=C(Nc1ccc(N(C)C(=O)CN(C)C)c(OC)c1)c1ccccc1. The zero-order chi connectivity index (χ0) is 28.1. The minimum atomic E-state index is -0.449. The standard InChI is InChI=1S/C30H32N4O5/c1-6-39-30(37)20-12-14-22-23(16-20)32-29(36)27(22)28(19-10-8-7-9-11-19)31-21-13-15-24(25(17-21)38-5)34(4)26(35)18-33(2)3/h7-17,31H,6,18H2,1-5H3,(H,32,36). The van der Waals surface area contributed by atoms with E-state index in [9.17, 15) is 14.4 Å². The van der Waals surface area contributed by atoms with Gasteiger partial charge in [-0.3, -0.25) is 9.59 Å². The van der Waals surface area contributed by atoms with E-state index in [4.69, 9.17) is 9.47 Å². The van der Waals surface area contributed by atoms with E-state index in [0.29, 0.717) is 45.2 Å². The third kappa shape index (κ3) is 5.94. The van der Waals surface area contributed by atoms with E-state index in [2.05, 4.69) is 10.6 Å². The second kappa shape index (κ2) is 11.8. The van der Waals surface area contributed by atoms with Gasteiger partial charge in [-0.1, -0.05) is 36.4 Å². The summed E-state index contributed by atoms with van der Waals surface area (Å²) in [5, 5.41) is 6.28. The highest BCUT2D eigenvalue weighted by molar-refractivity contribution is 6.37. The number of hydrogen-bond donors (Lipinski definition) is 2. The zero-order valence-electron chi connectivity index (χ0n) is 22.7. The van der Waals surface area contributed by atoms with E-state index in [1.54, 1.807) is 61.2 Å². The fourth-order valence-corrected chi connectivity index (χ4v) is 4.33. The first kappa shape index (κ1) is 27.4. The number of esters is 1. The molecule has 0 saturated heterocycles. The van der Waals surface area contributed by atoms with Crippen molar-refractivity contribution in [1.29, 1.82) is 0 Å². The first-order valence-corrected chi connectivity index (χ1v) is 12.5. The molecule has 0 spiro atoms. The molecule has 0 fully saturated rings. The number of rotatable bonds is 9. The first-order valence-electron chi connectivity index (χ1n) is 12.5. The Kier molecular flexibility index (Phi) is 8.31. The molecule has 1 heterocycles. The molecule has 0 unspecified atom stereocenters. The van der Waals surface area contributed by atoms with Crippen LogP contribution < -0.4 is 20.3 Å². The number of likely N-dealkylation sites (N-methyl/N-ethyl adjacent to an activating group) is 2. The topological polar surface area (TPSA) is 100 Å². The number of fused-ring (bicyclic) bond motifs is 1. The minimum absolute atomic E-state index is 0.0764. The predicted octanol–water partition coefficient (Wildman–Crippen LogP) is 4.33. The second-order valence-electron chi connectivity index (χ2n) is 9.25. The molecule has 9 nitrogen and oxygen atoms in total. The average molecular weight is 529 g/mol. The predicted molar refractivity (Wildman–Crippen MR) is 153 cm³/mol. The van der Waals surface area contributed by atoms with Crippen LogP contribution in [-0.4, -0.2) is 64.1 Å². The van der Waals surface area contributed by atoms with Crippen LogP contribution in [0.2, 0.25) is 0 Å². The zero-order valence-corrected chi connectivity index (χ0v) is 22.7. The molecule has 3 aromatic carbocycles. The molecule has 0 aliphatic carbocycles. The molecule has 1 aliphatic rings. The molecule has 3 aromatic rings. The Balaban J connectivity index is 1.76. The van der Waals surface area contributed by atoms with E-state index in [-0.39, 0.29) is 25.0 Å². The van der Waals surface area contributed by atoms with Crippen LogP contribution in [0.25, 0.3) is 11.3 Å². The molecular weight excluding hydrogens is 496 g/mol. The molecule has 0 bridgehead atoms. The van der Waals surface area contributed by atoms with Gasteiger partial charge in [0.25, 0.3) is 5.91 Å². The molecule has 0 atom stereocenters. The molecule has 1 aliphatic heterocycles. The molecular formula is C30H32N4O5. The molecule has 0 saturated carbocycles. The maximum Gasteiger partial charge on any atom is 0.338 e. The van der Waals surface area contributed by atoms with Gasteiger partial charge in [-0.2, -0.15) is 0 Å². The van der Waals surface area contributed by atoms with Crippen LogP contribution in [0.15, 0.2) is 66.7 Å². The van der Waals surface area contributed by atoms with Crippen molar-refractivity contribution in [3.05, 3.63) is 83.4 Å². The molecule has 202 valence electrons. The number of methoxy groups -OCH3 is 1. The summed E-state index contributed by atoms with van der Waals surface area (Å²) in [7, 11) is 6.93. The Morgan fingerprint density at radius 1 is 0.949 bits per heavy atom. The fourth-order valence-electron chi connectivity index (χ4n) is 4.33. The number of amides is 2. The summed E-state index contributed by atoms with van der Waals surface area (Å²) in [6, 6.07) is 19.9. The lowest BCUT2D eigenvalue weighted by Gasteiger charge is -2.23. The van der Waals surface area contributed by atoms with Crippen molar-refractivity contribution in [2.45, 2.75) is 6.92 Å². The third-order valence-electron chi connectivity index (χ3n) is 6.22. The van der Waals surface area contributed by atoms with Gasteiger partial charge in [0.2, 0.25) is 5.91 Å². The van der Waals surface area contributed by atoms with Gasteiger partial charge in [-0.05, 0) is 50.8 Å². The Bertz CT molecular complexity index is 1430. The van der Waals surface area contributed by atoms with Gasteiger partial charge in [0.05, 0.1) is 48.5 Å². The normalized spacial score (nSPS) is 13.4. The molecule has 0 radical (unpaired) electrons. The third-order valence-corrected chi connectivity index (χ3v) is 6.22. The van der Waals surface area contributed by atoms with Crippen LogP contribution >= 0.6 is 0 Å². The van der Waals surface area contributed by atoms with Crippen molar-refractivity contribution in [1.82, 2.24) is 4.90 Å². The average Bonchev–Trinajstić information content (AvgIpc) is 3.26. The summed E-state index contributed by atoms with van der Waals surface area (Å²) in [5.74, 6) is -0.320. The monoisotopic (exact) mass is 528 g/mol. The molecule has 2 N–H and O–H groups in total. The minimum Gasteiger partial charge on any atom is -0.494 e. The number of nitrogens with zero attached hydrogens (tertiary/aromatic N) is 2. The van der Waals surface area contributed by atoms with E-state index < -0.39 is 5.97 Å². The summed E-state index contributed by atoms with van der Waals surface area (Å²) >= 11 is 0. The van der Waals surface area contributed by atoms with Crippen molar-refractivity contribution < 1.29 is 23.9 Å². The number of nitrogens with one attached hydrogen (secondary N) is 2. The molecule has 39 heavy (non-hydrogen) atoms. The number of carbonyl (C=O) groups is 3. The number of benzene rings is 3. The Morgan fingerprint density at radius 2 is 1.69 bits per heavy atom. The fraction of sp³-hybridized carbons (Fsp3) is 0.233. The van der Waals surface area contributed by atoms with Crippen LogP contribution in [0.3, 0.4) is 0 Å². The van der Waals surface area contributed by atoms with Crippen molar-refractivity contribution in [2.75, 3.05) is 56.9 Å². The molecule has 9 heteroatoms. The van der Waals surface area contributed by atoms with E-state index in [0.717, 1.165) is 5.56 Å². The van der Waals surface area contributed by atoms with Crippen molar-refractivity contribution in [2.24, 2.45) is 0 Å². The van der Waals surface area contributed by atoms with Gasteiger partial charge < -0.3 is 29.9 Å². The number of anilines is 3. The van der Waals surface area contributed by atoms with Crippen molar-refractivity contribution >= 4 is 46.1 Å². The summed E-state index contributed by atoms with van der Waals surface area (Å²) in [6.45, 7) is 2.26. The Labute approximate surface area is 228 Å². The first-order chi connectivity index (χ1) is 18.7. The van der Waals surface area contributed by atoms with Gasteiger partial charge >= 0.3 is 5.97 Å². The Morgan fingerprint density at radius 3 is 2.36 bits per heavy atom. The Hall–Kier alpha value is -4.63. The molecule has 2 amide bonds. The largest absolute Gasteiger partial charge is 0.494 e. The van der Waals surface area contributed by atoms with Crippen LogP contribution in [0.4, 0.5) is 17.1 Å². The summed E-state index contributed by atoms with van der Waals surface area (Å²) in [4.78, 5) is 41.5. The van der Waals surface area contributed by atoms with Crippen LogP contribution in [0.1, 0.15) is 28.4 Å². The van der Waals surface area contributed by atoms with E-state index >= 15 is 0 Å². The summed E-state index contributed by atoms with van der Waals surface area (Å²) in [6.07, 6.45) is 0. The van der Waals surface area contributed by atoms with Gasteiger partial charge in [-0.25, -0.2) is 4.79 Å². The lowest BCUT2D eigenvalue weighted by Crippen LogP contribution is -2.35. The smallest absolute Gasteiger partial charge is 0.338 e. The highest BCUT2D eigenvalue weighted by Crippen LogP contribution is 2.39. The maximum atomic E-state index is 13.3. The summed E-state index contributed by atoms with van der Waals surface area (Å²) < 4.78 is 10.7. The highest BCUT2D eigenvalue weighted by Gasteiger charge is 2.29. The van der Waals surface area contributed by atoms with Gasteiger partial charge in [0.15, 0.2) is 0 Å². The van der Waals surface area contributed by atoms with Crippen LogP contribution in [0.5, 0.6) is 5.75 Å². The molecule has 4 rings (SSSR count). The highest BCUT2D eigenvalue weighted by atomic mass is 16.5. The van der Waals surface area contributed by atoms with Crippen molar-refractivity contribution in [3.63, 3.8) is 0 Å². The second-order valence-corrected chi connectivity index (χ2v) is 9.25. The molecule has 0 aromatic heterocycles. The number of ether oxygens (including phenoxy) is 2. The van der Waals surface area contributed by atoms with Crippen molar-refractivity contribution in [3.8, 4) is 5.75 Å². The van der Waals surface area contributed by atoms with Gasteiger partial charge in [0.1, 0.15) is 5.75 Å². The number of hydrogen-bond acceptors (Lipinski definition) is 7. The van der Waals surface area contributed by atoms with Crippen LogP contribution in [0, 0.1) is 0 Å². The van der Waals surface area contributed by atoms with Crippen LogP contribution in [-0.2, 0) is 14.3 Å². The van der Waals surface area contributed by atoms with Gasteiger partial charge in [-0.15, -0.1) is 0 Å².